The van der Waals surface area contributed by atoms with E-state index in [-0.39, 0.29) is 5.82 Å². The van der Waals surface area contributed by atoms with E-state index in [2.05, 4.69) is 70.5 Å². The standard InChI is InChI=1S/C28H33FN2/c29-27-17-15-26(16-18-27)28(14-8-7-11-24-9-3-1-4-10-24)31-21-19-30(20-22-31)23-25-12-5-2-6-13-25/h1-6,9-10,12-13,15-18,28H,7-8,11,14,19-23H2. The molecule has 3 aromatic rings. The molecule has 1 aliphatic rings. The van der Waals surface area contributed by atoms with Crippen molar-refractivity contribution in [2.75, 3.05) is 26.2 Å². The molecular formula is C28H33FN2. The summed E-state index contributed by atoms with van der Waals surface area (Å²) in [7, 11) is 0. The Kier molecular flexibility index (Phi) is 7.87. The van der Waals surface area contributed by atoms with Gasteiger partial charge in [-0.2, -0.15) is 0 Å². The Labute approximate surface area is 186 Å². The zero-order valence-electron chi connectivity index (χ0n) is 18.3. The molecule has 1 unspecified atom stereocenters. The van der Waals surface area contributed by atoms with Crippen LogP contribution in [-0.2, 0) is 13.0 Å². The highest BCUT2D eigenvalue weighted by atomic mass is 19.1. The summed E-state index contributed by atoms with van der Waals surface area (Å²) in [5, 5.41) is 0. The van der Waals surface area contributed by atoms with Crippen molar-refractivity contribution in [1.82, 2.24) is 9.80 Å². The molecule has 0 radical (unpaired) electrons. The van der Waals surface area contributed by atoms with Crippen LogP contribution in [0.2, 0.25) is 0 Å². The van der Waals surface area contributed by atoms with Crippen molar-refractivity contribution < 1.29 is 4.39 Å². The molecule has 1 fully saturated rings. The molecule has 0 aromatic heterocycles. The molecule has 0 spiro atoms. The lowest BCUT2D eigenvalue weighted by molar-refractivity contribution is 0.0866. The molecule has 1 atom stereocenters. The van der Waals surface area contributed by atoms with Crippen molar-refractivity contribution in [2.45, 2.75) is 38.3 Å². The van der Waals surface area contributed by atoms with Crippen LogP contribution in [0, 0.1) is 5.82 Å². The van der Waals surface area contributed by atoms with Crippen LogP contribution in [-0.4, -0.2) is 36.0 Å². The number of hydrogen-bond donors (Lipinski definition) is 0. The second kappa shape index (κ2) is 11.2. The minimum absolute atomic E-state index is 0.153. The molecule has 0 amide bonds. The van der Waals surface area contributed by atoms with Gasteiger partial charge in [-0.1, -0.05) is 79.2 Å². The number of halogens is 1. The average molecular weight is 417 g/mol. The van der Waals surface area contributed by atoms with Crippen LogP contribution in [0.4, 0.5) is 4.39 Å². The summed E-state index contributed by atoms with van der Waals surface area (Å²) in [6.07, 6.45) is 4.62. The summed E-state index contributed by atoms with van der Waals surface area (Å²) in [5.74, 6) is -0.153. The molecule has 1 aliphatic heterocycles. The van der Waals surface area contributed by atoms with E-state index in [4.69, 9.17) is 0 Å². The second-order valence-corrected chi connectivity index (χ2v) is 8.60. The van der Waals surface area contributed by atoms with Crippen molar-refractivity contribution in [3.8, 4) is 0 Å². The number of aryl methyl sites for hydroxylation is 1. The Morgan fingerprint density at radius 2 is 1.29 bits per heavy atom. The molecule has 1 heterocycles. The van der Waals surface area contributed by atoms with Gasteiger partial charge in [-0.15, -0.1) is 0 Å². The van der Waals surface area contributed by atoms with Crippen LogP contribution in [0.3, 0.4) is 0 Å². The summed E-state index contributed by atoms with van der Waals surface area (Å²) in [6, 6.07) is 29.0. The lowest BCUT2D eigenvalue weighted by Gasteiger charge is -2.39. The molecule has 4 rings (SSSR count). The average Bonchev–Trinajstić information content (AvgIpc) is 2.82. The molecule has 31 heavy (non-hydrogen) atoms. The van der Waals surface area contributed by atoms with E-state index >= 15 is 0 Å². The highest BCUT2D eigenvalue weighted by Crippen LogP contribution is 2.28. The van der Waals surface area contributed by atoms with Crippen LogP contribution < -0.4 is 0 Å². The number of rotatable bonds is 9. The van der Waals surface area contributed by atoms with Gasteiger partial charge < -0.3 is 0 Å². The third kappa shape index (κ3) is 6.49. The topological polar surface area (TPSA) is 6.48 Å². The minimum atomic E-state index is -0.153. The molecule has 3 aromatic carbocycles. The summed E-state index contributed by atoms with van der Waals surface area (Å²) < 4.78 is 13.5. The van der Waals surface area contributed by atoms with Crippen molar-refractivity contribution >= 4 is 0 Å². The van der Waals surface area contributed by atoms with E-state index in [1.165, 1.54) is 29.5 Å². The van der Waals surface area contributed by atoms with Crippen LogP contribution in [0.25, 0.3) is 0 Å². The van der Waals surface area contributed by atoms with Gasteiger partial charge in [0.2, 0.25) is 0 Å². The summed E-state index contributed by atoms with van der Waals surface area (Å²) in [4.78, 5) is 5.15. The van der Waals surface area contributed by atoms with Crippen molar-refractivity contribution in [2.24, 2.45) is 0 Å². The van der Waals surface area contributed by atoms with Crippen LogP contribution in [0.5, 0.6) is 0 Å². The smallest absolute Gasteiger partial charge is 0.123 e. The highest BCUT2D eigenvalue weighted by molar-refractivity contribution is 5.21. The highest BCUT2D eigenvalue weighted by Gasteiger charge is 2.25. The predicted molar refractivity (Wildman–Crippen MR) is 126 cm³/mol. The number of hydrogen-bond acceptors (Lipinski definition) is 2. The first-order valence-electron chi connectivity index (χ1n) is 11.6. The molecule has 162 valence electrons. The zero-order valence-corrected chi connectivity index (χ0v) is 18.3. The maximum Gasteiger partial charge on any atom is 0.123 e. The van der Waals surface area contributed by atoms with Crippen LogP contribution in [0.1, 0.15) is 42.0 Å². The summed E-state index contributed by atoms with van der Waals surface area (Å²) in [6.45, 7) is 5.31. The van der Waals surface area contributed by atoms with Gasteiger partial charge in [0.25, 0.3) is 0 Å². The Bertz CT molecular complexity index is 887. The largest absolute Gasteiger partial charge is 0.297 e. The summed E-state index contributed by atoms with van der Waals surface area (Å²) in [5.41, 5.74) is 4.04. The first kappa shape index (κ1) is 21.7. The minimum Gasteiger partial charge on any atom is -0.297 e. The SMILES string of the molecule is Fc1ccc(C(CCCCc2ccccc2)N2CCN(Cc3ccccc3)CC2)cc1. The predicted octanol–water partition coefficient (Wildman–Crippen LogP) is 6.10. The fourth-order valence-electron chi connectivity index (χ4n) is 4.63. The molecule has 0 saturated carbocycles. The van der Waals surface area contributed by atoms with E-state index in [1.54, 1.807) is 12.1 Å². The van der Waals surface area contributed by atoms with Gasteiger partial charge in [0, 0.05) is 38.8 Å². The summed E-state index contributed by atoms with van der Waals surface area (Å²) >= 11 is 0. The molecule has 1 saturated heterocycles. The fraction of sp³-hybridized carbons (Fsp3) is 0.357. The van der Waals surface area contributed by atoms with Gasteiger partial charge in [-0.3, -0.25) is 9.80 Å². The first-order chi connectivity index (χ1) is 15.3. The molecule has 2 nitrogen and oxygen atoms in total. The van der Waals surface area contributed by atoms with Gasteiger partial charge in [-0.25, -0.2) is 4.39 Å². The Morgan fingerprint density at radius 1 is 0.677 bits per heavy atom. The van der Waals surface area contributed by atoms with Gasteiger partial charge in [0.1, 0.15) is 5.82 Å². The van der Waals surface area contributed by atoms with Crippen LogP contribution in [0.15, 0.2) is 84.9 Å². The Morgan fingerprint density at radius 3 is 1.94 bits per heavy atom. The molecule has 0 N–H and O–H groups in total. The maximum absolute atomic E-state index is 13.5. The first-order valence-corrected chi connectivity index (χ1v) is 11.6. The quantitative estimate of drug-likeness (QED) is 0.389. The third-order valence-corrected chi connectivity index (χ3v) is 6.39. The van der Waals surface area contributed by atoms with E-state index < -0.39 is 0 Å². The number of benzene rings is 3. The second-order valence-electron chi connectivity index (χ2n) is 8.60. The number of nitrogens with zero attached hydrogens (tertiary/aromatic N) is 2. The van der Waals surface area contributed by atoms with Crippen LogP contribution >= 0.6 is 0 Å². The van der Waals surface area contributed by atoms with E-state index in [9.17, 15) is 4.39 Å². The fourth-order valence-corrected chi connectivity index (χ4v) is 4.63. The number of unbranched alkanes of at least 4 members (excludes halogenated alkanes) is 1. The molecule has 3 heteroatoms. The van der Waals surface area contributed by atoms with Crippen molar-refractivity contribution in [1.29, 1.82) is 0 Å². The van der Waals surface area contributed by atoms with Gasteiger partial charge in [0.15, 0.2) is 0 Å². The Hall–Kier alpha value is -2.49. The molecule has 0 bridgehead atoms. The van der Waals surface area contributed by atoms with E-state index in [1.807, 2.05) is 12.1 Å². The normalized spacial score (nSPS) is 16.3. The van der Waals surface area contributed by atoms with Gasteiger partial charge >= 0.3 is 0 Å². The third-order valence-electron chi connectivity index (χ3n) is 6.39. The molecular weight excluding hydrogens is 383 g/mol. The monoisotopic (exact) mass is 416 g/mol. The Balaban J connectivity index is 1.33. The number of piperazine rings is 1. The zero-order chi connectivity index (χ0) is 21.3. The van der Waals surface area contributed by atoms with Crippen molar-refractivity contribution in [3.63, 3.8) is 0 Å². The lowest BCUT2D eigenvalue weighted by atomic mass is 9.97. The van der Waals surface area contributed by atoms with Gasteiger partial charge in [0.05, 0.1) is 0 Å². The lowest BCUT2D eigenvalue weighted by Crippen LogP contribution is -2.47. The van der Waals surface area contributed by atoms with E-state index in [0.29, 0.717) is 6.04 Å². The van der Waals surface area contributed by atoms with E-state index in [0.717, 1.165) is 45.6 Å². The van der Waals surface area contributed by atoms with Crippen molar-refractivity contribution in [3.05, 3.63) is 107 Å². The maximum atomic E-state index is 13.5. The van der Waals surface area contributed by atoms with Gasteiger partial charge in [-0.05, 0) is 48.1 Å². The molecule has 0 aliphatic carbocycles.